The van der Waals surface area contributed by atoms with Gasteiger partial charge in [0.15, 0.2) is 0 Å². The van der Waals surface area contributed by atoms with Gasteiger partial charge >= 0.3 is 0 Å². The number of piperazine rings is 1. The van der Waals surface area contributed by atoms with Crippen molar-refractivity contribution in [1.82, 2.24) is 14.8 Å². The lowest BCUT2D eigenvalue weighted by molar-refractivity contribution is 0.0643. The Bertz CT molecular complexity index is 447. The number of halogens is 2. The molecule has 108 valence electrons. The summed E-state index contributed by atoms with van der Waals surface area (Å²) in [5, 5.41) is 3.30. The molecule has 0 radical (unpaired) electrons. The molecule has 0 aliphatic carbocycles. The molecule has 2 heterocycles. The first-order valence-electron chi connectivity index (χ1n) is 6.39. The SMILES string of the molecule is CC(C)n1cc(Br)cc1C(=O)N1CCNC[C@H]1C.Cl. The minimum Gasteiger partial charge on any atom is -0.340 e. The Labute approximate surface area is 129 Å². The average molecular weight is 351 g/mol. The van der Waals surface area contributed by atoms with E-state index in [9.17, 15) is 4.79 Å². The second-order valence-corrected chi connectivity index (χ2v) is 6.01. The Morgan fingerprint density at radius 2 is 2.21 bits per heavy atom. The van der Waals surface area contributed by atoms with E-state index < -0.39 is 0 Å². The van der Waals surface area contributed by atoms with Crippen LogP contribution >= 0.6 is 28.3 Å². The van der Waals surface area contributed by atoms with Crippen LogP contribution in [0.3, 0.4) is 0 Å². The van der Waals surface area contributed by atoms with Crippen molar-refractivity contribution in [2.75, 3.05) is 19.6 Å². The van der Waals surface area contributed by atoms with E-state index in [0.717, 1.165) is 29.8 Å². The van der Waals surface area contributed by atoms with Crippen molar-refractivity contribution in [2.24, 2.45) is 0 Å². The smallest absolute Gasteiger partial charge is 0.270 e. The van der Waals surface area contributed by atoms with E-state index in [1.165, 1.54) is 0 Å². The molecule has 1 aliphatic rings. The summed E-state index contributed by atoms with van der Waals surface area (Å²) >= 11 is 3.45. The van der Waals surface area contributed by atoms with Crippen molar-refractivity contribution in [2.45, 2.75) is 32.9 Å². The standard InChI is InChI=1S/C13H20BrN3O.ClH/c1-9(2)17-8-11(14)6-12(17)13(18)16-5-4-15-7-10(16)3;/h6,8-10,15H,4-5,7H2,1-3H3;1H/t10-;/m1./s1. The summed E-state index contributed by atoms with van der Waals surface area (Å²) in [7, 11) is 0. The van der Waals surface area contributed by atoms with E-state index in [2.05, 4.69) is 42.0 Å². The maximum absolute atomic E-state index is 12.6. The molecular weight excluding hydrogens is 330 g/mol. The molecule has 0 saturated carbocycles. The molecule has 19 heavy (non-hydrogen) atoms. The predicted octanol–water partition coefficient (Wildman–Crippen LogP) is 2.69. The third kappa shape index (κ3) is 3.52. The van der Waals surface area contributed by atoms with Gasteiger partial charge < -0.3 is 14.8 Å². The molecule has 4 nitrogen and oxygen atoms in total. The number of nitrogens with zero attached hydrogens (tertiary/aromatic N) is 2. The lowest BCUT2D eigenvalue weighted by atomic mass is 10.2. The van der Waals surface area contributed by atoms with Crippen LogP contribution in [0.15, 0.2) is 16.7 Å². The Morgan fingerprint density at radius 1 is 1.53 bits per heavy atom. The monoisotopic (exact) mass is 349 g/mol. The summed E-state index contributed by atoms with van der Waals surface area (Å²) in [6.45, 7) is 8.78. The normalized spacial score (nSPS) is 19.4. The van der Waals surface area contributed by atoms with Crippen LogP contribution in [0.5, 0.6) is 0 Å². The van der Waals surface area contributed by atoms with Crippen molar-refractivity contribution in [3.05, 3.63) is 22.4 Å². The van der Waals surface area contributed by atoms with Gasteiger partial charge in [-0.05, 0) is 42.8 Å². The molecule has 0 unspecified atom stereocenters. The minimum atomic E-state index is 0. The summed E-state index contributed by atoms with van der Waals surface area (Å²) in [5.41, 5.74) is 0.769. The van der Waals surface area contributed by atoms with Gasteiger partial charge in [0.1, 0.15) is 5.69 Å². The van der Waals surface area contributed by atoms with Gasteiger partial charge in [0.05, 0.1) is 0 Å². The van der Waals surface area contributed by atoms with Crippen molar-refractivity contribution in [3.8, 4) is 0 Å². The van der Waals surface area contributed by atoms with E-state index in [4.69, 9.17) is 0 Å². The maximum Gasteiger partial charge on any atom is 0.270 e. The van der Waals surface area contributed by atoms with E-state index >= 15 is 0 Å². The topological polar surface area (TPSA) is 37.3 Å². The Balaban J connectivity index is 0.00000180. The van der Waals surface area contributed by atoms with Gasteiger partial charge in [-0.3, -0.25) is 4.79 Å². The van der Waals surface area contributed by atoms with Crippen molar-refractivity contribution < 1.29 is 4.79 Å². The Kier molecular flexibility index (Phi) is 5.89. The fourth-order valence-corrected chi connectivity index (χ4v) is 2.77. The van der Waals surface area contributed by atoms with Gasteiger partial charge in [-0.25, -0.2) is 0 Å². The highest BCUT2D eigenvalue weighted by molar-refractivity contribution is 9.10. The molecule has 1 amide bonds. The van der Waals surface area contributed by atoms with E-state index in [1.54, 1.807) is 0 Å². The van der Waals surface area contributed by atoms with Crippen molar-refractivity contribution in [3.63, 3.8) is 0 Å². The van der Waals surface area contributed by atoms with Crippen LogP contribution in [-0.2, 0) is 0 Å². The largest absolute Gasteiger partial charge is 0.340 e. The highest BCUT2D eigenvalue weighted by Gasteiger charge is 2.26. The molecule has 0 aromatic carbocycles. The van der Waals surface area contributed by atoms with Gasteiger partial charge in [0, 0.05) is 42.4 Å². The zero-order valence-electron chi connectivity index (χ0n) is 11.5. The van der Waals surface area contributed by atoms with Crippen LogP contribution in [0.4, 0.5) is 0 Å². The van der Waals surface area contributed by atoms with Crippen molar-refractivity contribution >= 4 is 34.2 Å². The fourth-order valence-electron chi connectivity index (χ4n) is 2.33. The second-order valence-electron chi connectivity index (χ2n) is 5.10. The zero-order chi connectivity index (χ0) is 13.3. The number of carbonyl (C=O) groups excluding carboxylic acids is 1. The third-order valence-electron chi connectivity index (χ3n) is 3.35. The molecule has 0 bridgehead atoms. The highest BCUT2D eigenvalue weighted by atomic mass is 79.9. The molecule has 1 aromatic rings. The summed E-state index contributed by atoms with van der Waals surface area (Å²) in [5.74, 6) is 0.128. The molecule has 6 heteroatoms. The van der Waals surface area contributed by atoms with Crippen LogP contribution < -0.4 is 5.32 Å². The Morgan fingerprint density at radius 3 is 2.79 bits per heavy atom. The van der Waals surface area contributed by atoms with Gasteiger partial charge in [0.25, 0.3) is 5.91 Å². The van der Waals surface area contributed by atoms with E-state index in [-0.39, 0.29) is 30.4 Å². The summed E-state index contributed by atoms with van der Waals surface area (Å²) in [4.78, 5) is 14.6. The Hall–Kier alpha value is -0.520. The van der Waals surface area contributed by atoms with Crippen LogP contribution in [0, 0.1) is 0 Å². The van der Waals surface area contributed by atoms with Gasteiger partial charge in [0.2, 0.25) is 0 Å². The van der Waals surface area contributed by atoms with Crippen LogP contribution in [0.2, 0.25) is 0 Å². The minimum absolute atomic E-state index is 0. The molecule has 0 spiro atoms. The van der Waals surface area contributed by atoms with E-state index in [1.807, 2.05) is 21.7 Å². The molecule has 2 rings (SSSR count). The number of amides is 1. The fraction of sp³-hybridized carbons (Fsp3) is 0.615. The molecule has 1 aromatic heterocycles. The molecule has 1 saturated heterocycles. The number of hydrogen-bond donors (Lipinski definition) is 1. The molecular formula is C13H21BrClN3O. The van der Waals surface area contributed by atoms with Gasteiger partial charge in [-0.1, -0.05) is 0 Å². The first-order valence-corrected chi connectivity index (χ1v) is 7.19. The van der Waals surface area contributed by atoms with Gasteiger partial charge in [-0.2, -0.15) is 0 Å². The first kappa shape index (κ1) is 16.5. The summed E-state index contributed by atoms with van der Waals surface area (Å²) in [6, 6.07) is 2.45. The number of carbonyl (C=O) groups is 1. The zero-order valence-corrected chi connectivity index (χ0v) is 13.9. The second kappa shape index (κ2) is 6.77. The number of rotatable bonds is 2. The number of aromatic nitrogens is 1. The van der Waals surface area contributed by atoms with Gasteiger partial charge in [-0.15, -0.1) is 12.4 Å². The average Bonchev–Trinajstić information content (AvgIpc) is 2.71. The van der Waals surface area contributed by atoms with E-state index in [0.29, 0.717) is 0 Å². The lowest BCUT2D eigenvalue weighted by Crippen LogP contribution is -2.52. The predicted molar refractivity (Wildman–Crippen MR) is 83.1 cm³/mol. The number of hydrogen-bond acceptors (Lipinski definition) is 2. The van der Waals surface area contributed by atoms with Crippen LogP contribution in [0.25, 0.3) is 0 Å². The first-order chi connectivity index (χ1) is 8.50. The molecule has 1 atom stereocenters. The molecule has 1 aliphatic heterocycles. The summed E-state index contributed by atoms with van der Waals surface area (Å²) < 4.78 is 2.99. The molecule has 1 N–H and O–H groups in total. The molecule has 1 fully saturated rings. The maximum atomic E-state index is 12.6. The van der Waals surface area contributed by atoms with Crippen molar-refractivity contribution in [1.29, 1.82) is 0 Å². The highest BCUT2D eigenvalue weighted by Crippen LogP contribution is 2.21. The van der Waals surface area contributed by atoms with Crippen LogP contribution in [0.1, 0.15) is 37.3 Å². The lowest BCUT2D eigenvalue weighted by Gasteiger charge is -2.34. The quantitative estimate of drug-likeness (QED) is 0.890. The number of nitrogens with one attached hydrogen (secondary N) is 1. The van der Waals surface area contributed by atoms with Crippen LogP contribution in [-0.4, -0.2) is 41.1 Å². The third-order valence-corrected chi connectivity index (χ3v) is 3.79. The summed E-state index contributed by atoms with van der Waals surface area (Å²) in [6.07, 6.45) is 1.98.